The van der Waals surface area contributed by atoms with Crippen LogP contribution in [0.4, 0.5) is 20.2 Å². The van der Waals surface area contributed by atoms with E-state index in [-0.39, 0.29) is 6.04 Å². The van der Waals surface area contributed by atoms with E-state index in [1.165, 1.54) is 24.6 Å². The van der Waals surface area contributed by atoms with Crippen molar-refractivity contribution in [1.82, 2.24) is 5.32 Å². The first-order chi connectivity index (χ1) is 12.9. The number of nitrogens with zero attached hydrogens (tertiary/aromatic N) is 1. The molecule has 1 aliphatic rings. The Hall–Kier alpha value is -2.21. The van der Waals surface area contributed by atoms with Crippen LogP contribution in [0.2, 0.25) is 0 Å². The monoisotopic (exact) mass is 389 g/mol. The minimum absolute atomic E-state index is 0.00961. The minimum Gasteiger partial charge on any atom is -0.371 e. The van der Waals surface area contributed by atoms with Crippen molar-refractivity contribution in [3.05, 3.63) is 59.7 Å². The van der Waals surface area contributed by atoms with E-state index in [4.69, 9.17) is 12.2 Å². The van der Waals surface area contributed by atoms with Crippen LogP contribution in [0.15, 0.2) is 42.5 Å². The average Bonchev–Trinajstić information content (AvgIpc) is 2.65. The van der Waals surface area contributed by atoms with Crippen LogP contribution in [0.3, 0.4) is 0 Å². The molecule has 1 aliphatic heterocycles. The zero-order chi connectivity index (χ0) is 19.4. The SMILES string of the molecule is C[C@@H]1CCCN(c2ccc([C@H](C)NC(=S)Nc3ccc(F)c(F)c3)cc2)C1. The van der Waals surface area contributed by atoms with E-state index in [0.29, 0.717) is 10.8 Å². The summed E-state index contributed by atoms with van der Waals surface area (Å²) in [7, 11) is 0. The molecular formula is C21H25F2N3S. The van der Waals surface area contributed by atoms with Crippen molar-refractivity contribution < 1.29 is 8.78 Å². The second kappa shape index (κ2) is 8.65. The summed E-state index contributed by atoms with van der Waals surface area (Å²) in [4.78, 5) is 2.44. The average molecular weight is 390 g/mol. The van der Waals surface area contributed by atoms with Crippen LogP contribution in [-0.4, -0.2) is 18.2 Å². The summed E-state index contributed by atoms with van der Waals surface area (Å²) in [5.41, 5.74) is 2.77. The van der Waals surface area contributed by atoms with E-state index in [1.54, 1.807) is 0 Å². The van der Waals surface area contributed by atoms with Gasteiger partial charge in [-0.2, -0.15) is 0 Å². The molecule has 2 N–H and O–H groups in total. The number of hydrogen-bond donors (Lipinski definition) is 2. The van der Waals surface area contributed by atoms with Gasteiger partial charge in [-0.1, -0.05) is 19.1 Å². The largest absolute Gasteiger partial charge is 0.371 e. The van der Waals surface area contributed by atoms with Crippen molar-refractivity contribution >= 4 is 28.7 Å². The summed E-state index contributed by atoms with van der Waals surface area (Å²) in [6, 6.07) is 12.1. The third kappa shape index (κ3) is 5.16. The topological polar surface area (TPSA) is 27.3 Å². The maximum atomic E-state index is 13.3. The summed E-state index contributed by atoms with van der Waals surface area (Å²) in [5, 5.41) is 6.42. The molecule has 0 saturated carbocycles. The minimum atomic E-state index is -0.904. The summed E-state index contributed by atoms with van der Waals surface area (Å²) in [6.07, 6.45) is 2.54. The van der Waals surface area contributed by atoms with Crippen LogP contribution < -0.4 is 15.5 Å². The summed E-state index contributed by atoms with van der Waals surface area (Å²) in [6.45, 7) is 6.53. The molecule has 2 aromatic carbocycles. The third-order valence-corrected chi connectivity index (χ3v) is 5.16. The van der Waals surface area contributed by atoms with Crippen molar-refractivity contribution in [2.75, 3.05) is 23.3 Å². The smallest absolute Gasteiger partial charge is 0.171 e. The van der Waals surface area contributed by atoms with Crippen molar-refractivity contribution in [3.8, 4) is 0 Å². The Bertz CT molecular complexity index is 795. The van der Waals surface area contributed by atoms with E-state index in [1.807, 2.05) is 6.92 Å². The van der Waals surface area contributed by atoms with Crippen LogP contribution in [0.1, 0.15) is 38.3 Å². The van der Waals surface area contributed by atoms with Gasteiger partial charge in [-0.05, 0) is 67.7 Å². The van der Waals surface area contributed by atoms with Gasteiger partial charge in [0.2, 0.25) is 0 Å². The predicted molar refractivity (Wildman–Crippen MR) is 111 cm³/mol. The Morgan fingerprint density at radius 2 is 1.89 bits per heavy atom. The van der Waals surface area contributed by atoms with Crippen molar-refractivity contribution in [2.45, 2.75) is 32.7 Å². The van der Waals surface area contributed by atoms with E-state index < -0.39 is 11.6 Å². The van der Waals surface area contributed by atoms with Crippen LogP contribution in [-0.2, 0) is 0 Å². The van der Waals surface area contributed by atoms with Gasteiger partial charge in [-0.25, -0.2) is 8.78 Å². The Labute approximate surface area is 164 Å². The molecule has 2 aromatic rings. The molecule has 0 unspecified atom stereocenters. The number of benzene rings is 2. The lowest BCUT2D eigenvalue weighted by molar-refractivity contribution is 0.447. The molecule has 6 heteroatoms. The zero-order valence-electron chi connectivity index (χ0n) is 15.6. The number of anilines is 2. The second-order valence-corrected chi connectivity index (χ2v) is 7.64. The summed E-state index contributed by atoms with van der Waals surface area (Å²) < 4.78 is 26.3. The molecule has 0 aromatic heterocycles. The van der Waals surface area contributed by atoms with Crippen molar-refractivity contribution in [1.29, 1.82) is 0 Å². The molecule has 3 nitrogen and oxygen atoms in total. The highest BCUT2D eigenvalue weighted by Crippen LogP contribution is 2.24. The molecule has 0 aliphatic carbocycles. The van der Waals surface area contributed by atoms with Gasteiger partial charge in [0.1, 0.15) is 0 Å². The fourth-order valence-electron chi connectivity index (χ4n) is 3.42. The fraction of sp³-hybridized carbons (Fsp3) is 0.381. The third-order valence-electron chi connectivity index (χ3n) is 4.94. The lowest BCUT2D eigenvalue weighted by Gasteiger charge is -2.33. The standard InChI is InChI=1S/C21H25F2N3S/c1-14-4-3-11-26(13-14)18-8-5-16(6-9-18)15(2)24-21(27)25-17-7-10-19(22)20(23)12-17/h5-10,12,14-15H,3-4,11,13H2,1-2H3,(H2,24,25,27)/t14-,15+/m1/s1. The van der Waals surface area contributed by atoms with Gasteiger partial charge in [0, 0.05) is 30.5 Å². The highest BCUT2D eigenvalue weighted by Gasteiger charge is 2.17. The van der Waals surface area contributed by atoms with Crippen molar-refractivity contribution in [2.24, 2.45) is 5.92 Å². The number of piperidine rings is 1. The van der Waals surface area contributed by atoms with E-state index >= 15 is 0 Å². The molecule has 0 radical (unpaired) electrons. The first-order valence-corrected chi connectivity index (χ1v) is 9.70. The lowest BCUT2D eigenvalue weighted by Crippen LogP contribution is -2.34. The van der Waals surface area contributed by atoms with Gasteiger partial charge in [-0.15, -0.1) is 0 Å². The predicted octanol–water partition coefficient (Wildman–Crippen LogP) is 5.25. The maximum absolute atomic E-state index is 13.3. The first kappa shape index (κ1) is 19.5. The van der Waals surface area contributed by atoms with Crippen LogP contribution >= 0.6 is 12.2 Å². The van der Waals surface area contributed by atoms with Crippen LogP contribution in [0, 0.1) is 17.6 Å². The Kier molecular flexibility index (Phi) is 6.26. The molecular weight excluding hydrogens is 364 g/mol. The number of hydrogen-bond acceptors (Lipinski definition) is 2. The quantitative estimate of drug-likeness (QED) is 0.699. The van der Waals surface area contributed by atoms with Gasteiger partial charge in [0.15, 0.2) is 16.7 Å². The lowest BCUT2D eigenvalue weighted by atomic mass is 9.99. The van der Waals surface area contributed by atoms with E-state index in [9.17, 15) is 8.78 Å². The number of nitrogens with one attached hydrogen (secondary N) is 2. The highest BCUT2D eigenvalue weighted by atomic mass is 32.1. The molecule has 1 heterocycles. The molecule has 0 spiro atoms. The van der Waals surface area contributed by atoms with Gasteiger partial charge in [0.25, 0.3) is 0 Å². The van der Waals surface area contributed by atoms with Crippen LogP contribution in [0.5, 0.6) is 0 Å². The molecule has 1 fully saturated rings. The normalized spacial score (nSPS) is 18.1. The Morgan fingerprint density at radius 3 is 2.56 bits per heavy atom. The highest BCUT2D eigenvalue weighted by molar-refractivity contribution is 7.80. The van der Waals surface area contributed by atoms with Gasteiger partial charge >= 0.3 is 0 Å². The Morgan fingerprint density at radius 1 is 1.15 bits per heavy atom. The molecule has 0 amide bonds. The summed E-state index contributed by atoms with van der Waals surface area (Å²) in [5.74, 6) is -1.05. The van der Waals surface area contributed by atoms with Gasteiger partial charge in [-0.3, -0.25) is 0 Å². The Balaban J connectivity index is 1.57. The molecule has 3 rings (SSSR count). The second-order valence-electron chi connectivity index (χ2n) is 7.23. The molecule has 27 heavy (non-hydrogen) atoms. The van der Waals surface area contributed by atoms with E-state index in [0.717, 1.165) is 36.7 Å². The molecule has 1 saturated heterocycles. The zero-order valence-corrected chi connectivity index (χ0v) is 16.5. The van der Waals surface area contributed by atoms with Gasteiger partial charge in [0.05, 0.1) is 6.04 Å². The molecule has 0 bridgehead atoms. The maximum Gasteiger partial charge on any atom is 0.171 e. The van der Waals surface area contributed by atoms with Crippen LogP contribution in [0.25, 0.3) is 0 Å². The van der Waals surface area contributed by atoms with E-state index in [2.05, 4.69) is 46.7 Å². The first-order valence-electron chi connectivity index (χ1n) is 9.30. The summed E-state index contributed by atoms with van der Waals surface area (Å²) >= 11 is 5.28. The molecule has 144 valence electrons. The fourth-order valence-corrected chi connectivity index (χ4v) is 3.71. The van der Waals surface area contributed by atoms with Crippen molar-refractivity contribution in [3.63, 3.8) is 0 Å². The number of rotatable bonds is 4. The molecule has 2 atom stereocenters. The number of thiocarbonyl (C=S) groups is 1. The number of halogens is 2. The van der Waals surface area contributed by atoms with Gasteiger partial charge < -0.3 is 15.5 Å².